The number of allylic oxidation sites excluding steroid dienone is 8. The van der Waals surface area contributed by atoms with Crippen LogP contribution in [-0.4, -0.2) is 6.09 Å². The molecule has 0 rings (SSSR count). The van der Waals surface area contributed by atoms with Gasteiger partial charge in [-0.25, -0.2) is 4.79 Å². The molecule has 17 heavy (non-hydrogen) atoms. The number of hydrogen-bond acceptors (Lipinski definition) is 2. The van der Waals surface area contributed by atoms with Crippen LogP contribution in [0.2, 0.25) is 0 Å². The molecule has 3 heteroatoms. The molecule has 0 saturated heterocycles. The van der Waals surface area contributed by atoms with Crippen molar-refractivity contribution in [2.24, 2.45) is 0 Å². The fourth-order valence-corrected chi connectivity index (χ4v) is 1.00. The third kappa shape index (κ3) is 7.85. The number of nitrogens with one attached hydrogen (secondary N) is 1. The molecule has 0 fully saturated rings. The lowest BCUT2D eigenvalue weighted by molar-refractivity contribution is 0.179. The van der Waals surface area contributed by atoms with Crippen molar-refractivity contribution in [1.82, 2.24) is 5.32 Å². The standard InChI is InChI=1S/C14H19NO2/c1-5-8-11-12(4)17-14(16)15-13(9-6-2)10-7-3/h5-11H,2H2,1,3-4H3,(H,15,16)/b8-5-,10-7-,12-11+,13-9+. The van der Waals surface area contributed by atoms with E-state index in [4.69, 9.17) is 4.74 Å². The van der Waals surface area contributed by atoms with Crippen LogP contribution >= 0.6 is 0 Å². The van der Waals surface area contributed by atoms with E-state index in [0.29, 0.717) is 11.5 Å². The van der Waals surface area contributed by atoms with Crippen molar-refractivity contribution in [3.63, 3.8) is 0 Å². The van der Waals surface area contributed by atoms with E-state index < -0.39 is 6.09 Å². The summed E-state index contributed by atoms with van der Waals surface area (Å²) in [5.74, 6) is 0.527. The Balaban J connectivity index is 4.43. The Bertz CT molecular complexity index is 374. The van der Waals surface area contributed by atoms with E-state index in [9.17, 15) is 4.79 Å². The molecular formula is C14H19NO2. The number of rotatable bonds is 5. The fourth-order valence-electron chi connectivity index (χ4n) is 1.00. The van der Waals surface area contributed by atoms with Crippen molar-refractivity contribution in [3.8, 4) is 0 Å². The summed E-state index contributed by atoms with van der Waals surface area (Å²) in [5.41, 5.74) is 0.631. The molecule has 0 atom stereocenters. The molecule has 3 nitrogen and oxygen atoms in total. The number of carbonyl (C=O) groups excluding carboxylic acids is 1. The Hall–Kier alpha value is -2.03. The molecular weight excluding hydrogens is 214 g/mol. The van der Waals surface area contributed by atoms with Crippen molar-refractivity contribution >= 4 is 6.09 Å². The average molecular weight is 233 g/mol. The minimum atomic E-state index is -0.519. The van der Waals surface area contributed by atoms with Crippen LogP contribution in [0.4, 0.5) is 4.79 Å². The van der Waals surface area contributed by atoms with Crippen LogP contribution in [0.15, 0.2) is 60.6 Å². The molecule has 0 aromatic carbocycles. The van der Waals surface area contributed by atoms with E-state index >= 15 is 0 Å². The molecule has 0 saturated carbocycles. The molecule has 1 amide bonds. The fraction of sp³-hybridized carbons (Fsp3) is 0.214. The third-order valence-electron chi connectivity index (χ3n) is 1.67. The van der Waals surface area contributed by atoms with Gasteiger partial charge in [-0.1, -0.05) is 30.9 Å². The van der Waals surface area contributed by atoms with Crippen LogP contribution in [0.25, 0.3) is 0 Å². The largest absolute Gasteiger partial charge is 0.416 e. The van der Waals surface area contributed by atoms with Crippen molar-refractivity contribution < 1.29 is 9.53 Å². The van der Waals surface area contributed by atoms with Gasteiger partial charge >= 0.3 is 6.09 Å². The topological polar surface area (TPSA) is 38.3 Å². The SMILES string of the molecule is C=C/C=C(\C=C/C)NC(=O)O/C(C)=C/C=C\C. The summed E-state index contributed by atoms with van der Waals surface area (Å²) in [4.78, 5) is 11.5. The first-order valence-electron chi connectivity index (χ1n) is 5.37. The summed E-state index contributed by atoms with van der Waals surface area (Å²) in [7, 11) is 0. The van der Waals surface area contributed by atoms with E-state index in [1.807, 2.05) is 26.0 Å². The quantitative estimate of drug-likeness (QED) is 0.578. The predicted molar refractivity (Wildman–Crippen MR) is 71.3 cm³/mol. The molecule has 0 spiro atoms. The van der Waals surface area contributed by atoms with Crippen molar-refractivity contribution in [3.05, 3.63) is 60.6 Å². The lowest BCUT2D eigenvalue weighted by Gasteiger charge is -2.06. The smallest absolute Gasteiger partial charge is 0.415 e. The zero-order valence-corrected chi connectivity index (χ0v) is 10.6. The lowest BCUT2D eigenvalue weighted by Crippen LogP contribution is -2.22. The molecule has 1 N–H and O–H groups in total. The van der Waals surface area contributed by atoms with E-state index in [1.54, 1.807) is 37.3 Å². The molecule has 0 aromatic heterocycles. The Labute approximate surface area is 103 Å². The molecule has 0 aliphatic rings. The molecule has 92 valence electrons. The molecule has 0 aromatic rings. The number of ether oxygens (including phenoxy) is 1. The van der Waals surface area contributed by atoms with E-state index in [0.717, 1.165) is 0 Å². The summed E-state index contributed by atoms with van der Waals surface area (Å²) >= 11 is 0. The summed E-state index contributed by atoms with van der Waals surface area (Å²) in [5, 5.41) is 2.60. The van der Waals surface area contributed by atoms with Gasteiger partial charge in [0.15, 0.2) is 0 Å². The van der Waals surface area contributed by atoms with Crippen LogP contribution in [0.1, 0.15) is 20.8 Å². The minimum Gasteiger partial charge on any atom is -0.415 e. The molecule has 0 aliphatic heterocycles. The van der Waals surface area contributed by atoms with Gasteiger partial charge in [0, 0.05) is 5.70 Å². The van der Waals surface area contributed by atoms with E-state index in [1.165, 1.54) is 0 Å². The summed E-state index contributed by atoms with van der Waals surface area (Å²) in [6.45, 7) is 9.03. The normalized spacial score (nSPS) is 13.1. The Morgan fingerprint density at radius 3 is 2.47 bits per heavy atom. The summed E-state index contributed by atoms with van der Waals surface area (Å²) < 4.78 is 5.03. The lowest BCUT2D eigenvalue weighted by atomic mass is 10.3. The van der Waals surface area contributed by atoms with Gasteiger partial charge < -0.3 is 4.74 Å². The summed E-state index contributed by atoms with van der Waals surface area (Å²) in [6.07, 6.45) is 11.7. The highest BCUT2D eigenvalue weighted by Crippen LogP contribution is 1.99. The van der Waals surface area contributed by atoms with Gasteiger partial charge in [0.1, 0.15) is 5.76 Å². The van der Waals surface area contributed by atoms with Crippen LogP contribution in [0.5, 0.6) is 0 Å². The highest BCUT2D eigenvalue weighted by molar-refractivity contribution is 5.71. The molecule has 0 bridgehead atoms. The van der Waals surface area contributed by atoms with Gasteiger partial charge in [-0.3, -0.25) is 5.32 Å². The van der Waals surface area contributed by atoms with Gasteiger partial charge in [-0.2, -0.15) is 0 Å². The second-order valence-corrected chi connectivity index (χ2v) is 3.18. The second kappa shape index (κ2) is 9.21. The Morgan fingerprint density at radius 2 is 1.94 bits per heavy atom. The third-order valence-corrected chi connectivity index (χ3v) is 1.67. The minimum absolute atomic E-state index is 0.519. The average Bonchev–Trinajstić information content (AvgIpc) is 2.26. The highest BCUT2D eigenvalue weighted by Gasteiger charge is 2.03. The van der Waals surface area contributed by atoms with Gasteiger partial charge in [-0.15, -0.1) is 0 Å². The van der Waals surface area contributed by atoms with Crippen LogP contribution in [-0.2, 0) is 4.74 Å². The van der Waals surface area contributed by atoms with E-state index in [-0.39, 0.29) is 0 Å². The van der Waals surface area contributed by atoms with Crippen molar-refractivity contribution in [2.45, 2.75) is 20.8 Å². The monoisotopic (exact) mass is 233 g/mol. The number of hydrogen-bond donors (Lipinski definition) is 1. The Morgan fingerprint density at radius 1 is 1.24 bits per heavy atom. The number of alkyl carbamates (subject to hydrolysis) is 1. The van der Waals surface area contributed by atoms with Crippen LogP contribution in [0.3, 0.4) is 0 Å². The zero-order valence-electron chi connectivity index (χ0n) is 10.6. The first-order valence-corrected chi connectivity index (χ1v) is 5.37. The van der Waals surface area contributed by atoms with Crippen molar-refractivity contribution in [2.75, 3.05) is 0 Å². The maximum Gasteiger partial charge on any atom is 0.416 e. The van der Waals surface area contributed by atoms with E-state index in [2.05, 4.69) is 11.9 Å². The number of carbonyl (C=O) groups is 1. The second-order valence-electron chi connectivity index (χ2n) is 3.18. The molecule has 0 aliphatic carbocycles. The maximum atomic E-state index is 11.5. The Kier molecular flexibility index (Phi) is 8.11. The first kappa shape index (κ1) is 15.0. The summed E-state index contributed by atoms with van der Waals surface area (Å²) in [6, 6.07) is 0. The highest BCUT2D eigenvalue weighted by atomic mass is 16.6. The van der Waals surface area contributed by atoms with Gasteiger partial charge in [0.2, 0.25) is 0 Å². The van der Waals surface area contributed by atoms with Crippen LogP contribution in [0, 0.1) is 0 Å². The van der Waals surface area contributed by atoms with Gasteiger partial charge in [0.05, 0.1) is 0 Å². The molecule has 0 radical (unpaired) electrons. The van der Waals surface area contributed by atoms with Crippen molar-refractivity contribution in [1.29, 1.82) is 0 Å². The number of amides is 1. The van der Waals surface area contributed by atoms with Crippen LogP contribution < -0.4 is 5.32 Å². The molecule has 0 unspecified atom stereocenters. The maximum absolute atomic E-state index is 11.5. The predicted octanol–water partition coefficient (Wildman–Crippen LogP) is 3.84. The first-order chi connectivity index (χ1) is 8.13. The van der Waals surface area contributed by atoms with Gasteiger partial charge in [-0.05, 0) is 39.0 Å². The van der Waals surface area contributed by atoms with Gasteiger partial charge in [0.25, 0.3) is 0 Å². The molecule has 0 heterocycles. The zero-order chi connectivity index (χ0) is 13.1.